The number of hydrogen-bond acceptors (Lipinski definition) is 7. The van der Waals surface area contributed by atoms with E-state index >= 15 is 0 Å². The summed E-state index contributed by atoms with van der Waals surface area (Å²) in [5.74, 6) is -1.34. The topological polar surface area (TPSA) is 90.9 Å². The van der Waals surface area contributed by atoms with E-state index in [2.05, 4.69) is 5.32 Å². The third kappa shape index (κ3) is 9.19. The molecular weight excluding hydrogens is 434 g/mol. The van der Waals surface area contributed by atoms with Crippen molar-refractivity contribution in [2.75, 3.05) is 20.3 Å². The normalized spacial score (nSPS) is 11.6. The fourth-order valence-corrected chi connectivity index (χ4v) is 3.20. The highest BCUT2D eigenvalue weighted by Crippen LogP contribution is 2.22. The zero-order chi connectivity index (χ0) is 25.1. The lowest BCUT2D eigenvalue weighted by Gasteiger charge is -2.19. The summed E-state index contributed by atoms with van der Waals surface area (Å²) in [6.45, 7) is 8.15. The number of methoxy groups -OCH3 is 1. The molecule has 0 heterocycles. The van der Waals surface area contributed by atoms with Gasteiger partial charge in [-0.25, -0.2) is 4.79 Å². The van der Waals surface area contributed by atoms with Gasteiger partial charge in [0.25, 0.3) is 0 Å². The van der Waals surface area contributed by atoms with Gasteiger partial charge in [-0.15, -0.1) is 0 Å². The van der Waals surface area contributed by atoms with Crippen LogP contribution in [-0.2, 0) is 35.1 Å². The monoisotopic (exact) mass is 467 g/mol. The molecule has 0 saturated carbocycles. The number of hydrogen-bond donors (Lipinski definition) is 1. The van der Waals surface area contributed by atoms with Gasteiger partial charge in [0.05, 0.1) is 26.7 Å². The Balaban J connectivity index is 2.07. The lowest BCUT2D eigenvalue weighted by atomic mass is 10.0. The lowest BCUT2D eigenvalue weighted by molar-refractivity contribution is -0.153. The fourth-order valence-electron chi connectivity index (χ4n) is 3.20. The molecule has 7 nitrogen and oxygen atoms in total. The number of rotatable bonds is 10. The van der Waals surface area contributed by atoms with Gasteiger partial charge >= 0.3 is 17.9 Å². The van der Waals surface area contributed by atoms with Crippen molar-refractivity contribution < 1.29 is 28.6 Å². The second-order valence-corrected chi connectivity index (χ2v) is 8.66. The maximum absolute atomic E-state index is 12.0. The Morgan fingerprint density at radius 2 is 1.68 bits per heavy atom. The van der Waals surface area contributed by atoms with E-state index in [-0.39, 0.29) is 31.1 Å². The molecule has 0 aliphatic heterocycles. The largest absolute Gasteiger partial charge is 0.466 e. The number of benzene rings is 2. The number of nitrogens with one attached hydrogen (secondary N) is 1. The summed E-state index contributed by atoms with van der Waals surface area (Å²) >= 11 is 0. The molecule has 2 aromatic carbocycles. The zero-order valence-electron chi connectivity index (χ0n) is 20.5. The Bertz CT molecular complexity index is 1020. The first-order chi connectivity index (χ1) is 16.1. The van der Waals surface area contributed by atoms with Crippen LogP contribution in [0.3, 0.4) is 0 Å². The number of carbonyl (C=O) groups is 3. The molecule has 0 spiro atoms. The van der Waals surface area contributed by atoms with Crippen molar-refractivity contribution >= 4 is 24.0 Å². The van der Waals surface area contributed by atoms with Gasteiger partial charge in [0.2, 0.25) is 0 Å². The van der Waals surface area contributed by atoms with Gasteiger partial charge < -0.3 is 19.5 Å². The van der Waals surface area contributed by atoms with Gasteiger partial charge in [-0.05, 0) is 62.1 Å². The molecule has 2 aromatic rings. The number of carbonyl (C=O) groups excluding carboxylic acids is 3. The Hall–Kier alpha value is -3.45. The molecule has 2 rings (SSSR count). The van der Waals surface area contributed by atoms with Crippen LogP contribution < -0.4 is 5.32 Å². The molecule has 0 fully saturated rings. The molecule has 182 valence electrons. The Morgan fingerprint density at radius 3 is 2.29 bits per heavy atom. The van der Waals surface area contributed by atoms with Gasteiger partial charge in [-0.1, -0.05) is 42.5 Å². The SMILES string of the molecule is CCOC(=O)CC(=Cc1ccc(-c2cccc(CNCC(=O)OC(C)(C)C)c2)cc1)C(=O)OC. The molecule has 0 aliphatic rings. The summed E-state index contributed by atoms with van der Waals surface area (Å²) in [5.41, 5.74) is 3.54. The molecule has 34 heavy (non-hydrogen) atoms. The molecule has 7 heteroatoms. The molecule has 0 atom stereocenters. The maximum Gasteiger partial charge on any atom is 0.334 e. The summed E-state index contributed by atoms with van der Waals surface area (Å²) in [4.78, 5) is 35.7. The molecule has 1 N–H and O–H groups in total. The third-order valence-corrected chi connectivity index (χ3v) is 4.62. The summed E-state index contributed by atoms with van der Waals surface area (Å²) in [6, 6.07) is 15.6. The van der Waals surface area contributed by atoms with Crippen LogP contribution in [0, 0.1) is 0 Å². The van der Waals surface area contributed by atoms with E-state index in [4.69, 9.17) is 14.2 Å². The molecule has 0 bridgehead atoms. The van der Waals surface area contributed by atoms with Crippen LogP contribution in [-0.4, -0.2) is 43.8 Å². The van der Waals surface area contributed by atoms with Crippen LogP contribution in [0.15, 0.2) is 54.1 Å². The molecule has 0 unspecified atom stereocenters. The summed E-state index contributed by atoms with van der Waals surface area (Å²) < 4.78 is 15.0. The van der Waals surface area contributed by atoms with Crippen molar-refractivity contribution in [3.63, 3.8) is 0 Å². The van der Waals surface area contributed by atoms with E-state index in [9.17, 15) is 14.4 Å². The highest BCUT2D eigenvalue weighted by atomic mass is 16.6. The first-order valence-corrected chi connectivity index (χ1v) is 11.2. The van der Waals surface area contributed by atoms with Crippen LogP contribution in [0.2, 0.25) is 0 Å². The smallest absolute Gasteiger partial charge is 0.334 e. The first-order valence-electron chi connectivity index (χ1n) is 11.2. The van der Waals surface area contributed by atoms with E-state index in [0.717, 1.165) is 22.3 Å². The predicted molar refractivity (Wildman–Crippen MR) is 131 cm³/mol. The van der Waals surface area contributed by atoms with Crippen molar-refractivity contribution in [3.8, 4) is 11.1 Å². The van der Waals surface area contributed by atoms with Crippen LogP contribution >= 0.6 is 0 Å². The summed E-state index contributed by atoms with van der Waals surface area (Å²) in [6.07, 6.45) is 1.48. The molecule has 0 saturated heterocycles. The van der Waals surface area contributed by atoms with E-state index in [0.29, 0.717) is 6.54 Å². The summed E-state index contributed by atoms with van der Waals surface area (Å²) in [5, 5.41) is 3.11. The van der Waals surface area contributed by atoms with E-state index in [1.807, 2.05) is 69.3 Å². The minimum absolute atomic E-state index is 0.136. The minimum atomic E-state index is -0.566. The number of esters is 3. The summed E-state index contributed by atoms with van der Waals surface area (Å²) in [7, 11) is 1.28. The van der Waals surface area contributed by atoms with Crippen molar-refractivity contribution in [3.05, 3.63) is 65.2 Å². The van der Waals surface area contributed by atoms with Gasteiger partial charge in [-0.2, -0.15) is 0 Å². The van der Waals surface area contributed by atoms with Gasteiger partial charge in [0.1, 0.15) is 5.60 Å². The van der Waals surface area contributed by atoms with Crippen LogP contribution in [0.5, 0.6) is 0 Å². The third-order valence-electron chi connectivity index (χ3n) is 4.62. The standard InChI is InChI=1S/C27H33NO6/c1-6-33-24(29)16-23(26(31)32-5)14-19-10-12-21(13-11-19)22-9-7-8-20(15-22)17-28-18-25(30)34-27(2,3)4/h7-15,28H,6,16-18H2,1-5H3. The molecule has 0 aliphatic carbocycles. The predicted octanol–water partition coefficient (Wildman–Crippen LogP) is 4.29. The zero-order valence-corrected chi connectivity index (χ0v) is 20.5. The fraction of sp³-hybridized carbons (Fsp3) is 0.370. The van der Waals surface area contributed by atoms with Gasteiger partial charge in [0.15, 0.2) is 0 Å². The van der Waals surface area contributed by atoms with Crippen LogP contribution in [0.1, 0.15) is 45.2 Å². The van der Waals surface area contributed by atoms with Crippen molar-refractivity contribution in [1.29, 1.82) is 0 Å². The quantitative estimate of drug-likeness (QED) is 0.317. The van der Waals surface area contributed by atoms with Gasteiger partial charge in [-0.3, -0.25) is 9.59 Å². The Morgan fingerprint density at radius 1 is 0.971 bits per heavy atom. The van der Waals surface area contributed by atoms with Crippen molar-refractivity contribution in [2.45, 2.75) is 46.3 Å². The Labute approximate surface area is 201 Å². The highest BCUT2D eigenvalue weighted by Gasteiger charge is 2.16. The van der Waals surface area contributed by atoms with Crippen molar-refractivity contribution in [2.24, 2.45) is 0 Å². The average molecular weight is 468 g/mol. The highest BCUT2D eigenvalue weighted by molar-refractivity contribution is 5.98. The molecule has 0 radical (unpaired) electrons. The minimum Gasteiger partial charge on any atom is -0.466 e. The maximum atomic E-state index is 12.0. The molecular formula is C27H33NO6. The van der Waals surface area contributed by atoms with Crippen LogP contribution in [0.4, 0.5) is 0 Å². The van der Waals surface area contributed by atoms with Crippen LogP contribution in [0.25, 0.3) is 17.2 Å². The second kappa shape index (κ2) is 12.7. The second-order valence-electron chi connectivity index (χ2n) is 8.66. The van der Waals surface area contributed by atoms with Gasteiger partial charge in [0, 0.05) is 12.1 Å². The number of ether oxygens (including phenoxy) is 3. The lowest BCUT2D eigenvalue weighted by Crippen LogP contribution is -2.31. The molecule has 0 aromatic heterocycles. The van der Waals surface area contributed by atoms with E-state index < -0.39 is 17.5 Å². The van der Waals surface area contributed by atoms with E-state index in [1.54, 1.807) is 13.0 Å². The Kier molecular flexibility index (Phi) is 10.0. The van der Waals surface area contributed by atoms with Crippen molar-refractivity contribution in [1.82, 2.24) is 5.32 Å². The molecule has 0 amide bonds. The van der Waals surface area contributed by atoms with E-state index in [1.165, 1.54) is 7.11 Å². The average Bonchev–Trinajstić information content (AvgIpc) is 2.78. The first kappa shape index (κ1) is 26.8.